The van der Waals surface area contributed by atoms with Crippen molar-refractivity contribution in [3.63, 3.8) is 0 Å². The zero-order valence-corrected chi connectivity index (χ0v) is 19.4. The van der Waals surface area contributed by atoms with E-state index in [0.29, 0.717) is 18.0 Å². The molecule has 0 aromatic heterocycles. The molecule has 0 aliphatic carbocycles. The first-order valence-electron chi connectivity index (χ1n) is 11.2. The highest BCUT2D eigenvalue weighted by Gasteiger charge is 2.22. The topological polar surface area (TPSA) is 83.6 Å². The number of nitrogens with two attached hydrogens (primary N) is 1. The zero-order valence-electron chi connectivity index (χ0n) is 19.4. The molecule has 33 heavy (non-hydrogen) atoms. The summed E-state index contributed by atoms with van der Waals surface area (Å²) in [6.45, 7) is 4.95. The van der Waals surface area contributed by atoms with Crippen molar-refractivity contribution in [3.8, 4) is 11.1 Å². The van der Waals surface area contributed by atoms with Crippen LogP contribution in [-0.2, 0) is 11.2 Å². The van der Waals surface area contributed by atoms with E-state index >= 15 is 0 Å². The summed E-state index contributed by atoms with van der Waals surface area (Å²) in [6, 6.07) is 24.9. The first kappa shape index (κ1) is 24.2. The molecule has 0 fully saturated rings. The van der Waals surface area contributed by atoms with Crippen LogP contribution in [0.15, 0.2) is 78.9 Å². The molecule has 0 radical (unpaired) electrons. The molecular formula is C28H32N2O3. The van der Waals surface area contributed by atoms with Gasteiger partial charge in [0, 0.05) is 25.1 Å². The van der Waals surface area contributed by atoms with E-state index in [9.17, 15) is 9.59 Å². The Bertz CT molecular complexity index is 1060. The van der Waals surface area contributed by atoms with Crippen LogP contribution >= 0.6 is 0 Å². The number of rotatable bonds is 9. The van der Waals surface area contributed by atoms with Crippen molar-refractivity contribution in [2.45, 2.75) is 32.2 Å². The Morgan fingerprint density at radius 1 is 0.879 bits per heavy atom. The van der Waals surface area contributed by atoms with Crippen molar-refractivity contribution >= 4 is 11.9 Å². The minimum atomic E-state index is -1.04. The number of carboxylic acids is 1. The second-order valence-electron chi connectivity index (χ2n) is 8.87. The van der Waals surface area contributed by atoms with Gasteiger partial charge in [-0.05, 0) is 46.7 Å². The average molecular weight is 445 g/mol. The van der Waals surface area contributed by atoms with Gasteiger partial charge in [0.2, 0.25) is 0 Å². The molecule has 1 amide bonds. The maximum absolute atomic E-state index is 13.0. The summed E-state index contributed by atoms with van der Waals surface area (Å²) in [6.07, 6.45) is 0.230. The molecule has 3 aromatic carbocycles. The Hall–Kier alpha value is -3.44. The summed E-state index contributed by atoms with van der Waals surface area (Å²) < 4.78 is 0. The van der Waals surface area contributed by atoms with Gasteiger partial charge in [-0.1, -0.05) is 80.6 Å². The SMILES string of the molecule is CC(C)[C@@H](CN(C)C(=O)c1ccc(C[C@H](N)C(=O)O)cc1)c1ccc(-c2ccccc2)cc1. The quantitative estimate of drug-likeness (QED) is 0.496. The minimum Gasteiger partial charge on any atom is -0.480 e. The van der Waals surface area contributed by atoms with Crippen LogP contribution in [0.1, 0.15) is 41.3 Å². The molecule has 0 bridgehead atoms. The lowest BCUT2D eigenvalue weighted by Crippen LogP contribution is -2.33. The predicted octanol–water partition coefficient (Wildman–Crippen LogP) is 4.82. The molecule has 5 nitrogen and oxygen atoms in total. The molecular weight excluding hydrogens is 412 g/mol. The molecule has 0 spiro atoms. The summed E-state index contributed by atoms with van der Waals surface area (Å²) in [5.41, 5.74) is 10.5. The molecule has 0 aliphatic rings. The molecule has 3 rings (SSSR count). The zero-order chi connectivity index (χ0) is 24.0. The number of carbonyl (C=O) groups is 2. The molecule has 0 heterocycles. The third-order valence-corrected chi connectivity index (χ3v) is 6.04. The lowest BCUT2D eigenvalue weighted by Gasteiger charge is -2.28. The van der Waals surface area contributed by atoms with Gasteiger partial charge in [0.1, 0.15) is 6.04 Å². The standard InChI is InChI=1S/C28H32N2O3/c1-19(2)25(23-15-13-22(14-16-23)21-7-5-4-6-8-21)18-30(3)27(31)24-11-9-20(10-12-24)17-26(29)28(32)33/h4-16,19,25-26H,17-18,29H2,1-3H3,(H,32,33)/t25-,26+/m1/s1. The van der Waals surface area contributed by atoms with Gasteiger partial charge in [-0.3, -0.25) is 9.59 Å². The average Bonchev–Trinajstić information content (AvgIpc) is 2.83. The van der Waals surface area contributed by atoms with E-state index in [1.54, 1.807) is 29.2 Å². The van der Waals surface area contributed by atoms with Gasteiger partial charge in [-0.15, -0.1) is 0 Å². The monoisotopic (exact) mass is 444 g/mol. The van der Waals surface area contributed by atoms with Gasteiger partial charge in [0.25, 0.3) is 5.91 Å². The van der Waals surface area contributed by atoms with Gasteiger partial charge in [0.15, 0.2) is 0 Å². The highest BCUT2D eigenvalue weighted by molar-refractivity contribution is 5.94. The number of hydrogen-bond acceptors (Lipinski definition) is 3. The second kappa shape index (κ2) is 10.9. The van der Waals surface area contributed by atoms with Gasteiger partial charge >= 0.3 is 5.97 Å². The van der Waals surface area contributed by atoms with Crippen LogP contribution in [0.5, 0.6) is 0 Å². The fraction of sp³-hybridized carbons (Fsp3) is 0.286. The van der Waals surface area contributed by atoms with Crippen molar-refractivity contribution in [1.29, 1.82) is 0 Å². The van der Waals surface area contributed by atoms with E-state index in [0.717, 1.165) is 5.56 Å². The lowest BCUT2D eigenvalue weighted by molar-refractivity contribution is -0.138. The number of nitrogens with zero attached hydrogens (tertiary/aromatic N) is 1. The Labute approximate surface area is 195 Å². The lowest BCUT2D eigenvalue weighted by atomic mass is 9.87. The van der Waals surface area contributed by atoms with E-state index in [1.165, 1.54) is 16.7 Å². The molecule has 0 unspecified atom stereocenters. The first-order valence-corrected chi connectivity index (χ1v) is 11.2. The van der Waals surface area contributed by atoms with Gasteiger partial charge < -0.3 is 15.7 Å². The highest BCUT2D eigenvalue weighted by Crippen LogP contribution is 2.28. The summed E-state index contributed by atoms with van der Waals surface area (Å²) in [5.74, 6) is -0.527. The molecule has 2 atom stereocenters. The van der Waals surface area contributed by atoms with Crippen LogP contribution in [0.25, 0.3) is 11.1 Å². The van der Waals surface area contributed by atoms with Gasteiger partial charge in [0.05, 0.1) is 0 Å². The van der Waals surface area contributed by atoms with Crippen molar-refractivity contribution in [2.24, 2.45) is 11.7 Å². The highest BCUT2D eigenvalue weighted by atomic mass is 16.4. The Kier molecular flexibility index (Phi) is 8.01. The minimum absolute atomic E-state index is 0.0596. The smallest absolute Gasteiger partial charge is 0.320 e. The molecule has 0 aliphatic heterocycles. The van der Waals surface area contributed by atoms with Crippen LogP contribution < -0.4 is 5.73 Å². The van der Waals surface area contributed by atoms with Crippen LogP contribution in [0.4, 0.5) is 0 Å². The number of amides is 1. The van der Waals surface area contributed by atoms with Crippen molar-refractivity contribution in [3.05, 3.63) is 95.6 Å². The van der Waals surface area contributed by atoms with E-state index in [1.807, 2.05) is 25.2 Å². The van der Waals surface area contributed by atoms with E-state index in [4.69, 9.17) is 10.8 Å². The molecule has 0 saturated heterocycles. The normalized spacial score (nSPS) is 12.9. The Morgan fingerprint density at radius 2 is 1.45 bits per heavy atom. The number of hydrogen-bond donors (Lipinski definition) is 2. The Balaban J connectivity index is 1.69. The summed E-state index contributed by atoms with van der Waals surface area (Å²) in [4.78, 5) is 25.7. The third kappa shape index (κ3) is 6.30. The summed E-state index contributed by atoms with van der Waals surface area (Å²) >= 11 is 0. The number of benzene rings is 3. The first-order chi connectivity index (χ1) is 15.8. The van der Waals surface area contributed by atoms with Gasteiger partial charge in [-0.2, -0.15) is 0 Å². The summed E-state index contributed by atoms with van der Waals surface area (Å²) in [7, 11) is 1.82. The van der Waals surface area contributed by atoms with Crippen molar-refractivity contribution in [1.82, 2.24) is 4.90 Å². The molecule has 3 N–H and O–H groups in total. The number of aliphatic carboxylic acids is 1. The summed E-state index contributed by atoms with van der Waals surface area (Å²) in [5, 5.41) is 8.97. The van der Waals surface area contributed by atoms with E-state index < -0.39 is 12.0 Å². The van der Waals surface area contributed by atoms with Crippen LogP contribution in [0.3, 0.4) is 0 Å². The van der Waals surface area contributed by atoms with Crippen LogP contribution in [0.2, 0.25) is 0 Å². The Morgan fingerprint density at radius 3 is 2.00 bits per heavy atom. The maximum Gasteiger partial charge on any atom is 0.320 e. The predicted molar refractivity (Wildman–Crippen MR) is 132 cm³/mol. The molecule has 5 heteroatoms. The molecule has 0 saturated carbocycles. The van der Waals surface area contributed by atoms with Crippen molar-refractivity contribution < 1.29 is 14.7 Å². The van der Waals surface area contributed by atoms with Crippen molar-refractivity contribution in [2.75, 3.05) is 13.6 Å². The fourth-order valence-electron chi connectivity index (χ4n) is 3.98. The number of carboxylic acid groups (broad SMARTS) is 1. The van der Waals surface area contributed by atoms with Crippen LogP contribution in [0, 0.1) is 5.92 Å². The van der Waals surface area contributed by atoms with E-state index in [-0.39, 0.29) is 18.2 Å². The molecule has 172 valence electrons. The molecule has 3 aromatic rings. The number of carbonyl (C=O) groups excluding carboxylic acids is 1. The largest absolute Gasteiger partial charge is 0.480 e. The second-order valence-corrected chi connectivity index (χ2v) is 8.87. The van der Waals surface area contributed by atoms with E-state index in [2.05, 4.69) is 50.2 Å². The fourth-order valence-corrected chi connectivity index (χ4v) is 3.98. The van der Waals surface area contributed by atoms with Gasteiger partial charge in [-0.25, -0.2) is 0 Å². The number of likely N-dealkylation sites (N-methyl/N-ethyl adjacent to an activating group) is 1. The maximum atomic E-state index is 13.0. The third-order valence-electron chi connectivity index (χ3n) is 6.04. The van der Waals surface area contributed by atoms with Crippen LogP contribution in [-0.4, -0.2) is 41.5 Å².